The van der Waals surface area contributed by atoms with E-state index in [2.05, 4.69) is 0 Å². The summed E-state index contributed by atoms with van der Waals surface area (Å²) in [5.74, 6) is 0. The molecule has 0 aromatic rings. The molecule has 0 aromatic carbocycles. The molecule has 3 unspecified atom stereocenters. The van der Waals surface area contributed by atoms with Crippen molar-refractivity contribution in [1.82, 2.24) is 0 Å². The maximum Gasteiger partial charge on any atom is 3.00 e. The fraction of sp³-hybridized carbons (Fsp3) is 1.00. The van der Waals surface area contributed by atoms with Crippen molar-refractivity contribution in [2.24, 2.45) is 0 Å². The van der Waals surface area contributed by atoms with Gasteiger partial charge in [0, 0.05) is 0 Å². The molecule has 1 radical (unpaired) electrons. The Morgan fingerprint density at radius 3 is 0.818 bits per heavy atom. The largest absolute Gasteiger partial charge is 3.00 e. The van der Waals surface area contributed by atoms with Crippen molar-refractivity contribution in [3.63, 3.8) is 0 Å². The smallest absolute Gasteiger partial charge is 0.596 e. The Bertz CT molecular complexity index is 237. The summed E-state index contributed by atoms with van der Waals surface area (Å²) in [6.45, 7) is 5.91. The van der Waals surface area contributed by atoms with E-state index < -0.39 is 24.1 Å². The molecule has 0 saturated heterocycles. The van der Waals surface area contributed by atoms with Gasteiger partial charge in [0.2, 0.25) is 0 Å². The molecule has 0 saturated carbocycles. The summed E-state index contributed by atoms with van der Waals surface area (Å²) >= 11 is 0. The fourth-order valence-electron chi connectivity index (χ4n) is 0.862. The Labute approximate surface area is 147 Å². The Morgan fingerprint density at radius 1 is 0.591 bits per heavy atom. The zero-order valence-corrected chi connectivity index (χ0v) is 17.3. The standard InChI is InChI=1S/3C4H9O2P.Fe/c3*1-2-3-4-7(5)6;/h3*2-4H2,1H3;/q;;;+3. The molecule has 131 valence electrons. The normalized spacial score (nSPS) is 10.9. The number of unbranched alkanes of at least 4 members (excludes halogenated alkanes) is 3. The van der Waals surface area contributed by atoms with Crippen LogP contribution in [0.1, 0.15) is 59.3 Å². The third-order valence-electron chi connectivity index (χ3n) is 2.08. The molecule has 0 heterocycles. The van der Waals surface area contributed by atoms with E-state index in [4.69, 9.17) is 0 Å². The van der Waals surface area contributed by atoms with Crippen LogP contribution in [0.15, 0.2) is 0 Å². The van der Waals surface area contributed by atoms with Crippen LogP contribution < -0.4 is 14.7 Å². The van der Waals surface area contributed by atoms with Crippen molar-refractivity contribution < 1.29 is 45.4 Å². The third kappa shape index (κ3) is 49.8. The first-order valence-electron chi connectivity index (χ1n) is 7.17. The van der Waals surface area contributed by atoms with Gasteiger partial charge in [-0.2, -0.15) is 0 Å². The van der Waals surface area contributed by atoms with E-state index in [1.54, 1.807) is 0 Å². The van der Waals surface area contributed by atoms with E-state index in [1.807, 2.05) is 20.8 Å². The summed E-state index contributed by atoms with van der Waals surface area (Å²) in [5, 5.41) is 0. The molecule has 0 spiro atoms. The molecule has 0 aliphatic carbocycles. The molecule has 0 aliphatic rings. The van der Waals surface area contributed by atoms with Crippen LogP contribution in [0.5, 0.6) is 0 Å². The van der Waals surface area contributed by atoms with Gasteiger partial charge in [0.05, 0.1) is 0 Å². The van der Waals surface area contributed by atoms with E-state index in [0.717, 1.165) is 38.5 Å². The second kappa shape index (κ2) is 26.6. The topological polar surface area (TPSA) is 120 Å². The molecule has 22 heavy (non-hydrogen) atoms. The van der Waals surface area contributed by atoms with Gasteiger partial charge in [-0.05, 0) is 19.3 Å². The van der Waals surface area contributed by atoms with Crippen molar-refractivity contribution in [3.8, 4) is 0 Å². The van der Waals surface area contributed by atoms with Gasteiger partial charge in [-0.15, -0.1) is 0 Å². The Hall–Kier alpha value is 0.699. The molecular formula is C12H27FeO6P3+3. The predicted octanol–water partition coefficient (Wildman–Crippen LogP) is 2.67. The first-order valence-corrected chi connectivity index (χ1v) is 11.3. The van der Waals surface area contributed by atoms with Crippen LogP contribution in [0.4, 0.5) is 0 Å². The van der Waals surface area contributed by atoms with E-state index >= 15 is 0 Å². The fourth-order valence-corrected chi connectivity index (χ4v) is 2.58. The Kier molecular flexibility index (Phi) is 36.9. The van der Waals surface area contributed by atoms with Crippen molar-refractivity contribution in [2.45, 2.75) is 59.3 Å². The number of hydrogen-bond acceptors (Lipinski definition) is 6. The summed E-state index contributed by atoms with van der Waals surface area (Å²) in [6.07, 6.45) is 6.36. The SMILES string of the molecule is CCCC[P+](=O)[O-].CCCC[P+](=O)[O-].CCCC[P+](=O)[O-].[Fe+3]. The summed E-state index contributed by atoms with van der Waals surface area (Å²) < 4.78 is 29.4. The molecular weight excluding hydrogens is 389 g/mol. The second-order valence-electron chi connectivity index (χ2n) is 4.23. The molecule has 0 N–H and O–H groups in total. The van der Waals surface area contributed by atoms with Crippen molar-refractivity contribution in [2.75, 3.05) is 18.5 Å². The zero-order valence-electron chi connectivity index (χ0n) is 13.5. The molecule has 0 fully saturated rings. The van der Waals surface area contributed by atoms with Gasteiger partial charge in [0.25, 0.3) is 0 Å². The maximum absolute atomic E-state index is 9.80. The van der Waals surface area contributed by atoms with E-state index in [0.29, 0.717) is 18.5 Å². The Balaban J connectivity index is -0.000000108. The maximum atomic E-state index is 9.80. The first-order chi connectivity index (χ1) is 9.81. The minimum atomic E-state index is -2.11. The van der Waals surface area contributed by atoms with Gasteiger partial charge in [-0.3, -0.25) is 0 Å². The van der Waals surface area contributed by atoms with Crippen LogP contribution in [0, 0.1) is 0 Å². The van der Waals surface area contributed by atoms with Gasteiger partial charge < -0.3 is 14.7 Å². The molecule has 10 heteroatoms. The summed E-state index contributed by atoms with van der Waals surface area (Å²) in [7, 11) is -6.32. The van der Waals surface area contributed by atoms with E-state index in [-0.39, 0.29) is 17.1 Å². The van der Waals surface area contributed by atoms with E-state index in [1.165, 1.54) is 0 Å². The Morgan fingerprint density at radius 2 is 0.773 bits per heavy atom. The molecule has 0 rings (SSSR count). The molecule has 0 amide bonds. The van der Waals surface area contributed by atoms with Gasteiger partial charge in [-0.1, -0.05) is 53.7 Å². The van der Waals surface area contributed by atoms with Gasteiger partial charge in [-0.25, -0.2) is 0 Å². The summed E-state index contributed by atoms with van der Waals surface area (Å²) in [4.78, 5) is 29.4. The first kappa shape index (κ1) is 30.6. The average molecular weight is 416 g/mol. The van der Waals surface area contributed by atoms with Crippen LogP contribution in [-0.2, 0) is 30.8 Å². The molecule has 3 atom stereocenters. The summed E-state index contributed by atoms with van der Waals surface area (Å²) in [5.41, 5.74) is 0. The summed E-state index contributed by atoms with van der Waals surface area (Å²) in [6, 6.07) is 0. The zero-order chi connectivity index (χ0) is 17.1. The minimum absolute atomic E-state index is 0. The van der Waals surface area contributed by atoms with Crippen LogP contribution in [0.2, 0.25) is 0 Å². The quantitative estimate of drug-likeness (QED) is 0.421. The molecule has 0 bridgehead atoms. The monoisotopic (exact) mass is 416 g/mol. The second-order valence-corrected chi connectivity index (χ2v) is 7.57. The van der Waals surface area contributed by atoms with Crippen LogP contribution in [-0.4, -0.2) is 18.5 Å². The number of hydrogen-bond donors (Lipinski definition) is 0. The van der Waals surface area contributed by atoms with Crippen LogP contribution in [0.3, 0.4) is 0 Å². The third-order valence-corrected chi connectivity index (χ3v) is 4.13. The van der Waals surface area contributed by atoms with Gasteiger partial charge in [0.1, 0.15) is 18.5 Å². The molecule has 0 aliphatic heterocycles. The average Bonchev–Trinajstić information content (AvgIpc) is 2.41. The van der Waals surface area contributed by atoms with Gasteiger partial charge >= 0.3 is 41.2 Å². The van der Waals surface area contributed by atoms with Crippen molar-refractivity contribution in [3.05, 3.63) is 0 Å². The van der Waals surface area contributed by atoms with Crippen molar-refractivity contribution in [1.29, 1.82) is 0 Å². The van der Waals surface area contributed by atoms with Crippen LogP contribution >= 0.6 is 24.1 Å². The van der Waals surface area contributed by atoms with Gasteiger partial charge in [0.15, 0.2) is 0 Å². The van der Waals surface area contributed by atoms with E-state index in [9.17, 15) is 28.4 Å². The predicted molar refractivity (Wildman–Crippen MR) is 82.1 cm³/mol. The molecule has 6 nitrogen and oxygen atoms in total. The number of rotatable bonds is 9. The van der Waals surface area contributed by atoms with Crippen molar-refractivity contribution >= 4 is 24.1 Å². The van der Waals surface area contributed by atoms with Crippen LogP contribution in [0.25, 0.3) is 0 Å². The molecule has 0 aromatic heterocycles. The minimum Gasteiger partial charge on any atom is -0.596 e.